The van der Waals surface area contributed by atoms with Crippen molar-refractivity contribution in [3.8, 4) is 11.1 Å². The second-order valence-electron chi connectivity index (χ2n) is 11.8. The number of carbonyl (C=O) groups is 1. The number of benzene rings is 2. The average molecular weight is 620 g/mol. The van der Waals surface area contributed by atoms with Gasteiger partial charge in [0.15, 0.2) is 0 Å². The maximum absolute atomic E-state index is 14.3. The molecule has 3 heterocycles. The molecule has 220 valence electrons. The van der Waals surface area contributed by atoms with Gasteiger partial charge in [-0.25, -0.2) is 4.39 Å². The monoisotopic (exact) mass is 618 g/mol. The van der Waals surface area contributed by atoms with Crippen LogP contribution in [0.4, 0.5) is 4.39 Å². The van der Waals surface area contributed by atoms with Crippen molar-refractivity contribution in [3.05, 3.63) is 69.7 Å². The van der Waals surface area contributed by atoms with E-state index in [0.29, 0.717) is 51.1 Å². The highest BCUT2D eigenvalue weighted by Crippen LogP contribution is 2.33. The minimum absolute atomic E-state index is 0.106. The van der Waals surface area contributed by atoms with E-state index in [-0.39, 0.29) is 18.0 Å². The van der Waals surface area contributed by atoms with E-state index >= 15 is 0 Å². The highest BCUT2D eigenvalue weighted by molar-refractivity contribution is 8.00. The minimum Gasteiger partial charge on any atom is -0.336 e. The first-order valence-corrected chi connectivity index (χ1v) is 15.8. The van der Waals surface area contributed by atoms with Crippen LogP contribution in [0.1, 0.15) is 43.7 Å². The molecule has 1 aromatic heterocycles. The number of thioether (sulfide) groups is 1. The molecule has 0 unspecified atom stereocenters. The Hall–Kier alpha value is -2.17. The van der Waals surface area contributed by atoms with E-state index in [4.69, 9.17) is 23.2 Å². The lowest BCUT2D eigenvalue weighted by Gasteiger charge is -2.44. The first-order valence-electron chi connectivity index (χ1n) is 14.0. The fourth-order valence-corrected chi connectivity index (χ4v) is 7.34. The Labute approximate surface area is 256 Å². The highest BCUT2D eigenvalue weighted by atomic mass is 35.5. The lowest BCUT2D eigenvalue weighted by atomic mass is 9.97. The van der Waals surface area contributed by atoms with Crippen LogP contribution in [0.2, 0.25) is 10.0 Å². The van der Waals surface area contributed by atoms with Gasteiger partial charge >= 0.3 is 0 Å². The van der Waals surface area contributed by atoms with E-state index in [1.165, 1.54) is 12.1 Å². The third-order valence-corrected chi connectivity index (χ3v) is 9.95. The van der Waals surface area contributed by atoms with E-state index in [2.05, 4.69) is 47.8 Å². The Morgan fingerprint density at radius 2 is 1.83 bits per heavy atom. The van der Waals surface area contributed by atoms with Crippen LogP contribution in [0.5, 0.6) is 0 Å². The Morgan fingerprint density at radius 3 is 2.54 bits per heavy atom. The van der Waals surface area contributed by atoms with Crippen LogP contribution >= 0.6 is 35.0 Å². The fourth-order valence-electron chi connectivity index (χ4n) is 5.87. The summed E-state index contributed by atoms with van der Waals surface area (Å²) in [5.41, 5.74) is 2.52. The molecule has 3 aromatic rings. The van der Waals surface area contributed by atoms with Crippen LogP contribution in [0.15, 0.2) is 42.6 Å². The van der Waals surface area contributed by atoms with E-state index in [1.54, 1.807) is 24.3 Å². The van der Waals surface area contributed by atoms with Gasteiger partial charge in [0, 0.05) is 73.6 Å². The van der Waals surface area contributed by atoms with Crippen molar-refractivity contribution in [2.45, 2.75) is 57.6 Å². The van der Waals surface area contributed by atoms with Gasteiger partial charge in [-0.15, -0.1) is 5.10 Å². The summed E-state index contributed by atoms with van der Waals surface area (Å²) in [6.45, 7) is 14.6. The first-order chi connectivity index (χ1) is 19.5. The molecule has 41 heavy (non-hydrogen) atoms. The van der Waals surface area contributed by atoms with Gasteiger partial charge in [-0.1, -0.05) is 34.5 Å². The van der Waals surface area contributed by atoms with Gasteiger partial charge in [0.05, 0.1) is 22.3 Å². The zero-order chi connectivity index (χ0) is 29.3. The molecule has 1 amide bonds. The van der Waals surface area contributed by atoms with Crippen molar-refractivity contribution in [3.63, 3.8) is 0 Å². The van der Waals surface area contributed by atoms with Gasteiger partial charge in [-0.2, -0.15) is 11.8 Å². The number of hydrogen-bond donors (Lipinski definition) is 0. The van der Waals surface area contributed by atoms with Crippen LogP contribution < -0.4 is 0 Å². The molecule has 2 aliphatic rings. The molecular formula is C30H37Cl2FN6OS. The predicted octanol–water partition coefficient (Wildman–Crippen LogP) is 5.95. The summed E-state index contributed by atoms with van der Waals surface area (Å²) in [5, 5.41) is 9.60. The molecule has 11 heteroatoms. The Morgan fingerprint density at radius 1 is 1.07 bits per heavy atom. The molecule has 2 aromatic carbocycles. The number of nitrogens with zero attached hydrogens (tertiary/aromatic N) is 6. The Bertz CT molecular complexity index is 1390. The molecule has 2 saturated heterocycles. The molecule has 0 spiro atoms. The van der Waals surface area contributed by atoms with Crippen molar-refractivity contribution in [1.29, 1.82) is 0 Å². The van der Waals surface area contributed by atoms with Gasteiger partial charge < -0.3 is 4.90 Å². The van der Waals surface area contributed by atoms with Crippen molar-refractivity contribution in [2.75, 3.05) is 38.5 Å². The van der Waals surface area contributed by atoms with Crippen molar-refractivity contribution < 1.29 is 9.18 Å². The number of piperazine rings is 1. The lowest BCUT2D eigenvalue weighted by molar-refractivity contribution is 0.0264. The molecule has 5 rings (SSSR count). The standard InChI is InChI=1S/C30H37Cl2FN6OS/c1-20-15-37(29(40)25-7-6-23(33)14-26(25)22-5-8-27(31)28(32)13-22)16-21(2)39(20)18-24-17-38(35-34-24)10-9-36-11-12-41-30(3,4)19-36/h5-8,13-14,17,20-21H,9-12,15-16,18-19H2,1-4H3/t20-,21+. The topological polar surface area (TPSA) is 57.5 Å². The number of amides is 1. The summed E-state index contributed by atoms with van der Waals surface area (Å²) in [6.07, 6.45) is 2.04. The highest BCUT2D eigenvalue weighted by Gasteiger charge is 2.33. The average Bonchev–Trinajstić information content (AvgIpc) is 3.37. The molecule has 0 bridgehead atoms. The lowest BCUT2D eigenvalue weighted by Crippen LogP contribution is -2.57. The maximum Gasteiger partial charge on any atom is 0.254 e. The smallest absolute Gasteiger partial charge is 0.254 e. The van der Waals surface area contributed by atoms with Gasteiger partial charge in [0.25, 0.3) is 5.91 Å². The summed E-state index contributed by atoms with van der Waals surface area (Å²) in [5.74, 6) is 0.619. The summed E-state index contributed by atoms with van der Waals surface area (Å²) in [7, 11) is 0. The van der Waals surface area contributed by atoms with Gasteiger partial charge in [-0.05, 0) is 69.2 Å². The normalized spacial score (nSPS) is 21.8. The molecular weight excluding hydrogens is 582 g/mol. The van der Waals surface area contributed by atoms with Gasteiger partial charge in [0.2, 0.25) is 0 Å². The van der Waals surface area contributed by atoms with Crippen LogP contribution in [0.25, 0.3) is 11.1 Å². The summed E-state index contributed by atoms with van der Waals surface area (Å²) in [4.78, 5) is 20.5. The SMILES string of the molecule is C[C@@H]1CN(C(=O)c2ccc(F)cc2-c2ccc(Cl)c(Cl)c2)C[C@H](C)N1Cc1cn(CCN2CCSC(C)(C)C2)nn1. The summed E-state index contributed by atoms with van der Waals surface area (Å²) >= 11 is 14.4. The van der Waals surface area contributed by atoms with Crippen LogP contribution in [0.3, 0.4) is 0 Å². The molecule has 0 N–H and O–H groups in total. The zero-order valence-corrected chi connectivity index (χ0v) is 26.3. The van der Waals surface area contributed by atoms with Crippen molar-refractivity contribution in [1.82, 2.24) is 29.7 Å². The molecule has 0 saturated carbocycles. The predicted molar refractivity (Wildman–Crippen MR) is 165 cm³/mol. The van der Waals surface area contributed by atoms with Crippen LogP contribution in [-0.2, 0) is 13.1 Å². The minimum atomic E-state index is -0.416. The second kappa shape index (κ2) is 12.6. The number of aromatic nitrogens is 3. The summed E-state index contributed by atoms with van der Waals surface area (Å²) in [6, 6.07) is 9.55. The fraction of sp³-hybridized carbons (Fsp3) is 0.500. The number of hydrogen-bond acceptors (Lipinski definition) is 6. The zero-order valence-electron chi connectivity index (χ0n) is 24.0. The Balaban J connectivity index is 1.22. The first kappa shape index (κ1) is 30.3. The van der Waals surface area contributed by atoms with Crippen LogP contribution in [-0.4, -0.2) is 90.9 Å². The number of carbonyl (C=O) groups excluding carboxylic acids is 1. The largest absolute Gasteiger partial charge is 0.336 e. The van der Waals surface area contributed by atoms with E-state index < -0.39 is 5.82 Å². The second-order valence-corrected chi connectivity index (χ2v) is 14.4. The molecule has 2 atom stereocenters. The molecule has 2 aliphatic heterocycles. The van der Waals surface area contributed by atoms with E-state index in [1.807, 2.05) is 27.5 Å². The number of rotatable bonds is 7. The number of halogens is 3. The van der Waals surface area contributed by atoms with Crippen molar-refractivity contribution >= 4 is 40.9 Å². The summed E-state index contributed by atoms with van der Waals surface area (Å²) < 4.78 is 16.5. The Kier molecular flexibility index (Phi) is 9.31. The third kappa shape index (κ3) is 7.25. The molecule has 2 fully saturated rings. The van der Waals surface area contributed by atoms with Gasteiger partial charge in [-0.3, -0.25) is 19.3 Å². The van der Waals surface area contributed by atoms with E-state index in [0.717, 1.165) is 37.6 Å². The molecule has 7 nitrogen and oxygen atoms in total. The van der Waals surface area contributed by atoms with Crippen molar-refractivity contribution in [2.24, 2.45) is 0 Å². The van der Waals surface area contributed by atoms with Crippen LogP contribution in [0, 0.1) is 5.82 Å². The molecule has 0 radical (unpaired) electrons. The van der Waals surface area contributed by atoms with E-state index in [9.17, 15) is 9.18 Å². The quantitative estimate of drug-likeness (QED) is 0.326. The van der Waals surface area contributed by atoms with Gasteiger partial charge in [0.1, 0.15) is 5.82 Å². The maximum atomic E-state index is 14.3. The molecule has 0 aliphatic carbocycles. The third-order valence-electron chi connectivity index (χ3n) is 7.91.